The molecule has 0 bridgehead atoms. The third-order valence-electron chi connectivity index (χ3n) is 3.10. The Morgan fingerprint density at radius 3 is 1.78 bits per heavy atom. The van der Waals surface area contributed by atoms with Crippen LogP contribution >= 0.6 is 0 Å². The highest BCUT2D eigenvalue weighted by atomic mass is 14.9. The molecular formula is C14H26N4. The Kier molecular flexibility index (Phi) is 6.90. The second kappa shape index (κ2) is 8.21. The molecule has 0 amide bonds. The van der Waals surface area contributed by atoms with Gasteiger partial charge in [0.2, 0.25) is 0 Å². The molecule has 2 unspecified atom stereocenters. The number of hydrogen-bond donors (Lipinski definition) is 4. The van der Waals surface area contributed by atoms with Crippen molar-refractivity contribution >= 4 is 0 Å². The summed E-state index contributed by atoms with van der Waals surface area (Å²) in [7, 11) is 0. The van der Waals surface area contributed by atoms with Crippen molar-refractivity contribution in [3.63, 3.8) is 0 Å². The van der Waals surface area contributed by atoms with E-state index in [1.807, 2.05) is 0 Å². The van der Waals surface area contributed by atoms with Crippen molar-refractivity contribution in [1.82, 2.24) is 10.6 Å². The predicted molar refractivity (Wildman–Crippen MR) is 77.4 cm³/mol. The molecule has 0 aromatic heterocycles. The molecule has 0 saturated carbocycles. The number of nitrogens with two attached hydrogens (primary N) is 2. The Morgan fingerprint density at radius 2 is 1.39 bits per heavy atom. The Labute approximate surface area is 110 Å². The summed E-state index contributed by atoms with van der Waals surface area (Å²) in [5.74, 6) is 0. The lowest BCUT2D eigenvalue weighted by atomic mass is 10.0. The highest BCUT2D eigenvalue weighted by Gasteiger charge is 2.08. The van der Waals surface area contributed by atoms with Gasteiger partial charge in [0, 0.05) is 38.3 Å². The second-order valence-corrected chi connectivity index (χ2v) is 4.60. The molecule has 0 heterocycles. The van der Waals surface area contributed by atoms with Gasteiger partial charge in [-0.25, -0.2) is 0 Å². The van der Waals surface area contributed by atoms with Crippen LogP contribution in [0.2, 0.25) is 0 Å². The zero-order chi connectivity index (χ0) is 13.4. The third kappa shape index (κ3) is 4.74. The summed E-state index contributed by atoms with van der Waals surface area (Å²) in [6, 6.07) is 9.29. The van der Waals surface area contributed by atoms with Crippen molar-refractivity contribution in [2.45, 2.75) is 25.9 Å². The first-order valence-corrected chi connectivity index (χ1v) is 6.65. The first kappa shape index (κ1) is 15.1. The van der Waals surface area contributed by atoms with E-state index in [4.69, 9.17) is 11.5 Å². The van der Waals surface area contributed by atoms with Gasteiger partial charge in [-0.3, -0.25) is 0 Å². The van der Waals surface area contributed by atoms with Crippen LogP contribution in [0.5, 0.6) is 0 Å². The molecule has 0 fully saturated rings. The zero-order valence-corrected chi connectivity index (χ0v) is 11.4. The fraction of sp³-hybridized carbons (Fsp3) is 0.571. The van der Waals surface area contributed by atoms with E-state index in [9.17, 15) is 0 Å². The Morgan fingerprint density at radius 1 is 0.944 bits per heavy atom. The van der Waals surface area contributed by atoms with Gasteiger partial charge in [0.15, 0.2) is 0 Å². The van der Waals surface area contributed by atoms with Crippen LogP contribution in [0.3, 0.4) is 0 Å². The molecule has 1 aromatic carbocycles. The highest BCUT2D eigenvalue weighted by molar-refractivity contribution is 5.27. The first-order chi connectivity index (χ1) is 8.69. The van der Waals surface area contributed by atoms with Gasteiger partial charge in [-0.05, 0) is 25.0 Å². The van der Waals surface area contributed by atoms with Crippen molar-refractivity contribution in [2.75, 3.05) is 26.2 Å². The highest BCUT2D eigenvalue weighted by Crippen LogP contribution is 2.18. The lowest BCUT2D eigenvalue weighted by Gasteiger charge is -2.18. The SMILES string of the molecule is CC(NCCN)c1cccc(C(C)NCCN)c1. The summed E-state index contributed by atoms with van der Waals surface area (Å²) in [5.41, 5.74) is 13.6. The molecule has 0 spiro atoms. The molecule has 0 radical (unpaired) electrons. The maximum atomic E-state index is 5.50. The van der Waals surface area contributed by atoms with Crippen LogP contribution in [0.4, 0.5) is 0 Å². The second-order valence-electron chi connectivity index (χ2n) is 4.60. The van der Waals surface area contributed by atoms with Crippen LogP contribution in [0.1, 0.15) is 37.1 Å². The van der Waals surface area contributed by atoms with E-state index in [1.165, 1.54) is 11.1 Å². The molecular weight excluding hydrogens is 224 g/mol. The van der Waals surface area contributed by atoms with Crippen molar-refractivity contribution in [3.05, 3.63) is 35.4 Å². The van der Waals surface area contributed by atoms with E-state index in [2.05, 4.69) is 48.7 Å². The zero-order valence-electron chi connectivity index (χ0n) is 11.4. The maximum Gasteiger partial charge on any atom is 0.0292 e. The van der Waals surface area contributed by atoms with Gasteiger partial charge in [0.25, 0.3) is 0 Å². The van der Waals surface area contributed by atoms with E-state index in [-0.39, 0.29) is 0 Å². The maximum absolute atomic E-state index is 5.50. The molecule has 18 heavy (non-hydrogen) atoms. The minimum Gasteiger partial charge on any atom is -0.329 e. The Bertz CT molecular complexity index is 311. The lowest BCUT2D eigenvalue weighted by molar-refractivity contribution is 0.569. The smallest absolute Gasteiger partial charge is 0.0292 e. The first-order valence-electron chi connectivity index (χ1n) is 6.65. The quantitative estimate of drug-likeness (QED) is 0.553. The van der Waals surface area contributed by atoms with Crippen LogP contribution in [0.25, 0.3) is 0 Å². The normalized spacial score (nSPS) is 14.4. The fourth-order valence-corrected chi connectivity index (χ4v) is 1.93. The van der Waals surface area contributed by atoms with Gasteiger partial charge in [-0.2, -0.15) is 0 Å². The molecule has 102 valence electrons. The van der Waals surface area contributed by atoms with Crippen LogP contribution in [0, 0.1) is 0 Å². The van der Waals surface area contributed by atoms with Gasteiger partial charge < -0.3 is 22.1 Å². The molecule has 1 aromatic rings. The van der Waals surface area contributed by atoms with E-state index >= 15 is 0 Å². The van der Waals surface area contributed by atoms with Gasteiger partial charge in [-0.1, -0.05) is 24.3 Å². The summed E-state index contributed by atoms with van der Waals surface area (Å²) in [4.78, 5) is 0. The molecule has 0 aliphatic heterocycles. The Balaban J connectivity index is 2.66. The monoisotopic (exact) mass is 250 g/mol. The van der Waals surface area contributed by atoms with Crippen LogP contribution in [0.15, 0.2) is 24.3 Å². The molecule has 0 aliphatic rings. The minimum absolute atomic E-state index is 0.329. The van der Waals surface area contributed by atoms with Gasteiger partial charge in [0.1, 0.15) is 0 Å². The summed E-state index contributed by atoms with van der Waals surface area (Å²) in [5, 5.41) is 6.78. The van der Waals surface area contributed by atoms with Crippen molar-refractivity contribution in [3.8, 4) is 0 Å². The van der Waals surface area contributed by atoms with E-state index in [0.717, 1.165) is 13.1 Å². The van der Waals surface area contributed by atoms with Gasteiger partial charge >= 0.3 is 0 Å². The topological polar surface area (TPSA) is 76.1 Å². The standard InChI is InChI=1S/C14H26N4/c1-11(17-8-6-15)13-4-3-5-14(10-13)12(2)18-9-7-16/h3-5,10-12,17-18H,6-9,15-16H2,1-2H3. The Hall–Kier alpha value is -0.940. The molecule has 1 rings (SSSR count). The van der Waals surface area contributed by atoms with E-state index < -0.39 is 0 Å². The minimum atomic E-state index is 0.329. The summed E-state index contributed by atoms with van der Waals surface area (Å²) >= 11 is 0. The predicted octanol–water partition coefficient (Wildman–Crippen LogP) is 0.905. The van der Waals surface area contributed by atoms with Crippen LogP contribution in [-0.2, 0) is 0 Å². The van der Waals surface area contributed by atoms with Gasteiger partial charge in [0.05, 0.1) is 0 Å². The number of nitrogens with one attached hydrogen (secondary N) is 2. The van der Waals surface area contributed by atoms with E-state index in [1.54, 1.807) is 0 Å². The number of benzene rings is 1. The van der Waals surface area contributed by atoms with Crippen molar-refractivity contribution in [2.24, 2.45) is 11.5 Å². The summed E-state index contributed by atoms with van der Waals surface area (Å²) in [6.45, 7) is 7.33. The molecule has 2 atom stereocenters. The van der Waals surface area contributed by atoms with Crippen LogP contribution < -0.4 is 22.1 Å². The largest absolute Gasteiger partial charge is 0.329 e. The summed E-state index contributed by atoms with van der Waals surface area (Å²) < 4.78 is 0. The third-order valence-corrected chi connectivity index (χ3v) is 3.10. The van der Waals surface area contributed by atoms with E-state index in [0.29, 0.717) is 25.2 Å². The number of hydrogen-bond acceptors (Lipinski definition) is 4. The molecule has 0 aliphatic carbocycles. The molecule has 6 N–H and O–H groups in total. The lowest BCUT2D eigenvalue weighted by Crippen LogP contribution is -2.26. The average molecular weight is 250 g/mol. The van der Waals surface area contributed by atoms with Crippen molar-refractivity contribution in [1.29, 1.82) is 0 Å². The molecule has 0 saturated heterocycles. The van der Waals surface area contributed by atoms with Crippen LogP contribution in [-0.4, -0.2) is 26.2 Å². The molecule has 4 nitrogen and oxygen atoms in total. The summed E-state index contributed by atoms with van der Waals surface area (Å²) in [6.07, 6.45) is 0. The van der Waals surface area contributed by atoms with Crippen molar-refractivity contribution < 1.29 is 0 Å². The average Bonchev–Trinajstić information content (AvgIpc) is 2.42. The number of rotatable bonds is 8. The van der Waals surface area contributed by atoms with Gasteiger partial charge in [-0.15, -0.1) is 0 Å². The fourth-order valence-electron chi connectivity index (χ4n) is 1.93. The molecule has 4 heteroatoms.